The van der Waals surface area contributed by atoms with Crippen LogP contribution in [0.1, 0.15) is 26.2 Å². The van der Waals surface area contributed by atoms with Gasteiger partial charge in [-0.2, -0.15) is 0 Å². The Morgan fingerprint density at radius 3 is 2.37 bits per heavy atom. The van der Waals surface area contributed by atoms with Gasteiger partial charge in [-0.15, -0.1) is 0 Å². The van der Waals surface area contributed by atoms with Crippen molar-refractivity contribution in [3.05, 3.63) is 32.7 Å². The maximum absolute atomic E-state index is 6.21. The van der Waals surface area contributed by atoms with Crippen LogP contribution in [0, 0.1) is 0 Å². The monoisotopic (exact) mass is 457 g/mol. The van der Waals surface area contributed by atoms with E-state index >= 15 is 0 Å². The molecule has 0 aliphatic heterocycles. The zero-order chi connectivity index (χ0) is 19.9. The lowest BCUT2D eigenvalue weighted by Gasteiger charge is -2.12. The van der Waals surface area contributed by atoms with Gasteiger partial charge in [0.15, 0.2) is 5.75 Å². The summed E-state index contributed by atoms with van der Waals surface area (Å²) in [5, 5.41) is 4.47. The molecular formula is C18H23Cl4NO4. The van der Waals surface area contributed by atoms with Crippen LogP contribution in [0.5, 0.6) is 11.5 Å². The Morgan fingerprint density at radius 2 is 1.70 bits per heavy atom. The third-order valence-electron chi connectivity index (χ3n) is 3.11. The second-order valence-corrected chi connectivity index (χ2v) is 7.03. The number of unbranched alkanes of at least 4 members (excludes halogenated alkanes) is 2. The number of nitrogens with zero attached hydrogens (tertiary/aromatic N) is 1. The van der Waals surface area contributed by atoms with Gasteiger partial charge in [-0.1, -0.05) is 51.6 Å². The summed E-state index contributed by atoms with van der Waals surface area (Å²) >= 11 is 23.5. The summed E-state index contributed by atoms with van der Waals surface area (Å²) in [6, 6.07) is 3.27. The van der Waals surface area contributed by atoms with Crippen molar-refractivity contribution in [2.45, 2.75) is 26.2 Å². The van der Waals surface area contributed by atoms with Gasteiger partial charge in [0.25, 0.3) is 0 Å². The van der Waals surface area contributed by atoms with Gasteiger partial charge in [-0.05, 0) is 32.3 Å². The van der Waals surface area contributed by atoms with Crippen molar-refractivity contribution >= 4 is 52.6 Å². The van der Waals surface area contributed by atoms with Crippen molar-refractivity contribution < 1.29 is 19.0 Å². The summed E-state index contributed by atoms with van der Waals surface area (Å²) in [5.41, 5.74) is 0. The summed E-state index contributed by atoms with van der Waals surface area (Å²) in [4.78, 5) is 4.82. The summed E-state index contributed by atoms with van der Waals surface area (Å²) in [7, 11) is 0. The molecule has 9 heteroatoms. The molecule has 0 fully saturated rings. The van der Waals surface area contributed by atoms with Gasteiger partial charge < -0.3 is 19.0 Å². The van der Waals surface area contributed by atoms with Gasteiger partial charge in [-0.25, -0.2) is 0 Å². The Hall–Kier alpha value is -0.850. The molecule has 27 heavy (non-hydrogen) atoms. The number of benzene rings is 1. The number of hydrogen-bond donors (Lipinski definition) is 0. The second kappa shape index (κ2) is 15.1. The third kappa shape index (κ3) is 11.6. The molecule has 0 saturated carbocycles. The largest absolute Gasteiger partial charge is 0.490 e. The van der Waals surface area contributed by atoms with Crippen LogP contribution in [0.15, 0.2) is 27.9 Å². The second-order valence-electron chi connectivity index (χ2n) is 5.21. The van der Waals surface area contributed by atoms with Gasteiger partial charge in [0.2, 0.25) is 0 Å². The summed E-state index contributed by atoms with van der Waals surface area (Å²) in [5.74, 6) is 0.952. The molecule has 0 atom stereocenters. The van der Waals surface area contributed by atoms with Gasteiger partial charge >= 0.3 is 0 Å². The fourth-order valence-corrected chi connectivity index (χ4v) is 2.61. The van der Waals surface area contributed by atoms with E-state index in [4.69, 9.17) is 65.5 Å². The van der Waals surface area contributed by atoms with Crippen LogP contribution in [0.3, 0.4) is 0 Å². The Balaban J connectivity index is 2.23. The summed E-state index contributed by atoms with van der Waals surface area (Å²) in [6.07, 6.45) is 5.87. The Labute approximate surface area is 180 Å². The van der Waals surface area contributed by atoms with Crippen molar-refractivity contribution in [1.82, 2.24) is 0 Å². The van der Waals surface area contributed by atoms with Crippen LogP contribution in [0.4, 0.5) is 0 Å². The Morgan fingerprint density at radius 1 is 1.00 bits per heavy atom. The molecule has 5 nitrogen and oxygen atoms in total. The molecule has 0 bridgehead atoms. The minimum atomic E-state index is 0.135. The molecule has 0 amide bonds. The summed E-state index contributed by atoms with van der Waals surface area (Å²) in [6.45, 7) is 4.26. The third-order valence-corrected chi connectivity index (χ3v) is 3.98. The first kappa shape index (κ1) is 24.2. The fourth-order valence-electron chi connectivity index (χ4n) is 1.91. The number of halogens is 4. The van der Waals surface area contributed by atoms with E-state index in [0.717, 1.165) is 19.3 Å². The Bertz CT molecular complexity index is 584. The molecule has 0 heterocycles. The fraction of sp³-hybridized carbons (Fsp3) is 0.500. The highest BCUT2D eigenvalue weighted by Gasteiger charge is 2.10. The number of ether oxygens (including phenoxy) is 3. The molecule has 0 N–H and O–H groups in total. The lowest BCUT2D eigenvalue weighted by Crippen LogP contribution is -2.02. The van der Waals surface area contributed by atoms with E-state index in [-0.39, 0.29) is 11.1 Å². The Kier molecular flexibility index (Phi) is 13.5. The van der Waals surface area contributed by atoms with Gasteiger partial charge in [0.1, 0.15) is 23.5 Å². The van der Waals surface area contributed by atoms with Gasteiger partial charge in [0, 0.05) is 18.7 Å². The molecule has 0 radical (unpaired) electrons. The van der Waals surface area contributed by atoms with Crippen LogP contribution < -0.4 is 9.47 Å². The van der Waals surface area contributed by atoms with Crippen LogP contribution in [0.2, 0.25) is 10.0 Å². The molecule has 0 aliphatic carbocycles. The van der Waals surface area contributed by atoms with E-state index in [1.54, 1.807) is 18.3 Å². The average Bonchev–Trinajstić information content (AvgIpc) is 2.61. The number of hydrogen-bond acceptors (Lipinski definition) is 5. The number of rotatable bonds is 14. The van der Waals surface area contributed by atoms with Crippen LogP contribution in [0.25, 0.3) is 0 Å². The van der Waals surface area contributed by atoms with E-state index in [1.165, 1.54) is 6.08 Å². The predicted molar refractivity (Wildman–Crippen MR) is 112 cm³/mol. The normalized spacial score (nSPS) is 10.9. The minimum Gasteiger partial charge on any atom is -0.490 e. The molecule has 0 aliphatic rings. The van der Waals surface area contributed by atoms with Crippen molar-refractivity contribution in [3.63, 3.8) is 0 Å². The molecule has 1 aromatic carbocycles. The lowest BCUT2D eigenvalue weighted by atomic mass is 10.2. The highest BCUT2D eigenvalue weighted by atomic mass is 35.5. The molecule has 1 rings (SSSR count). The standard InChI is InChI=1S/C18H23Cl4NO4/c1-2-27-23-7-11-24-8-4-3-5-9-26-18-15(19)12-14(13-16(18)20)25-10-6-17(21)22/h6-7,12-13H,2-5,8-11H2,1H3/b23-7+. The zero-order valence-electron chi connectivity index (χ0n) is 15.1. The average molecular weight is 459 g/mol. The first-order chi connectivity index (χ1) is 13.0. The van der Waals surface area contributed by atoms with Gasteiger partial charge in [-0.3, -0.25) is 0 Å². The topological polar surface area (TPSA) is 49.3 Å². The van der Waals surface area contributed by atoms with E-state index < -0.39 is 0 Å². The van der Waals surface area contributed by atoms with E-state index in [1.807, 2.05) is 6.92 Å². The molecule has 0 saturated heterocycles. The van der Waals surface area contributed by atoms with Crippen molar-refractivity contribution in [1.29, 1.82) is 0 Å². The lowest BCUT2D eigenvalue weighted by molar-refractivity contribution is 0.145. The molecule has 0 unspecified atom stereocenters. The van der Waals surface area contributed by atoms with Crippen LogP contribution in [-0.2, 0) is 9.57 Å². The van der Waals surface area contributed by atoms with Gasteiger partial charge in [0.05, 0.1) is 29.5 Å². The van der Waals surface area contributed by atoms with E-state index in [9.17, 15) is 0 Å². The van der Waals surface area contributed by atoms with Crippen molar-refractivity contribution in [2.75, 3.05) is 33.0 Å². The first-order valence-corrected chi connectivity index (χ1v) is 10.0. The maximum Gasteiger partial charge on any atom is 0.156 e. The SMILES string of the molecule is CCO/N=C/COCCCCCOc1c(Cl)cc(OCC=C(Cl)Cl)cc1Cl. The highest BCUT2D eigenvalue weighted by molar-refractivity contribution is 6.55. The molecule has 0 spiro atoms. The van der Waals surface area contributed by atoms with Crippen LogP contribution in [-0.4, -0.2) is 39.2 Å². The zero-order valence-corrected chi connectivity index (χ0v) is 18.1. The quantitative estimate of drug-likeness (QED) is 0.187. The van der Waals surface area contributed by atoms with E-state index in [2.05, 4.69) is 5.16 Å². The smallest absolute Gasteiger partial charge is 0.156 e. The van der Waals surface area contributed by atoms with E-state index in [0.29, 0.717) is 48.0 Å². The maximum atomic E-state index is 6.21. The molecule has 0 aromatic heterocycles. The predicted octanol–water partition coefficient (Wildman–Crippen LogP) is 6.28. The summed E-state index contributed by atoms with van der Waals surface area (Å²) < 4.78 is 16.7. The minimum absolute atomic E-state index is 0.135. The van der Waals surface area contributed by atoms with Crippen molar-refractivity contribution in [2.24, 2.45) is 5.16 Å². The highest BCUT2D eigenvalue weighted by Crippen LogP contribution is 2.37. The molecule has 1 aromatic rings. The number of oxime groups is 1. The van der Waals surface area contributed by atoms with Crippen molar-refractivity contribution in [3.8, 4) is 11.5 Å². The van der Waals surface area contributed by atoms with Crippen LogP contribution >= 0.6 is 46.4 Å². The molecular weight excluding hydrogens is 436 g/mol. The first-order valence-electron chi connectivity index (χ1n) is 8.52. The molecule has 152 valence electrons.